The Labute approximate surface area is 171 Å². The lowest BCUT2D eigenvalue weighted by Crippen LogP contribution is -2.63. The monoisotopic (exact) mass is 410 g/mol. The third kappa shape index (κ3) is 2.14. The molecule has 2 bridgehead atoms. The highest BCUT2D eigenvalue weighted by atomic mass is 16.6. The van der Waals surface area contributed by atoms with Crippen LogP contribution in [0.4, 0.5) is 0 Å². The Balaban J connectivity index is 1.69. The van der Waals surface area contributed by atoms with E-state index in [1.165, 1.54) is 6.92 Å². The van der Waals surface area contributed by atoms with Crippen molar-refractivity contribution in [3.05, 3.63) is 0 Å². The highest BCUT2D eigenvalue weighted by molar-refractivity contribution is 5.66. The molecule has 5 aliphatic rings. The molecule has 1 aliphatic heterocycles. The number of hydrogen-bond donors (Lipinski definition) is 4. The molecule has 4 saturated carbocycles. The van der Waals surface area contributed by atoms with Gasteiger partial charge in [-0.1, -0.05) is 13.8 Å². The van der Waals surface area contributed by atoms with Gasteiger partial charge < -0.3 is 29.9 Å². The Bertz CT molecular complexity index is 760. The lowest BCUT2D eigenvalue weighted by molar-refractivity contribution is -0.223. The summed E-state index contributed by atoms with van der Waals surface area (Å²) < 4.78 is 11.6. The molecule has 1 heterocycles. The van der Waals surface area contributed by atoms with E-state index < -0.39 is 51.7 Å². The van der Waals surface area contributed by atoms with Gasteiger partial charge in [0, 0.05) is 29.6 Å². The van der Waals surface area contributed by atoms with Crippen molar-refractivity contribution in [1.29, 1.82) is 0 Å². The standard InChI is InChI=1S/C22H34O7/c1-10(23)28-16-11-6-7-12-20(5,26)15-14-17(29-14)18(2,3)22(15,27)13(24)8-21(12,16)9-19(11,4)25/h11-17,24-27H,6-9H2,1-5H3/t11-,12+,13-,14-,15+,16+,17-,19-,20-,21+,22-/m1/s1. The molecule has 4 N–H and O–H groups in total. The summed E-state index contributed by atoms with van der Waals surface area (Å²) in [6, 6.07) is 0. The number of carbonyl (C=O) groups excluding carboxylic acids is 1. The van der Waals surface area contributed by atoms with Crippen molar-refractivity contribution in [2.24, 2.45) is 28.6 Å². The molecule has 164 valence electrons. The summed E-state index contributed by atoms with van der Waals surface area (Å²) in [5, 5.41) is 46.6. The van der Waals surface area contributed by atoms with Crippen LogP contribution in [0, 0.1) is 28.6 Å². The molecule has 0 aromatic carbocycles. The van der Waals surface area contributed by atoms with Crippen molar-refractivity contribution in [3.63, 3.8) is 0 Å². The van der Waals surface area contributed by atoms with Gasteiger partial charge in [0.1, 0.15) is 11.7 Å². The third-order valence-corrected chi connectivity index (χ3v) is 9.66. The summed E-state index contributed by atoms with van der Waals surface area (Å²) in [6.45, 7) is 8.64. The zero-order valence-corrected chi connectivity index (χ0v) is 17.9. The van der Waals surface area contributed by atoms with Crippen LogP contribution in [0.5, 0.6) is 0 Å². The normalized spacial score (nSPS) is 61.9. The number of aliphatic hydroxyl groups excluding tert-OH is 1. The lowest BCUT2D eigenvalue weighted by Gasteiger charge is -2.52. The summed E-state index contributed by atoms with van der Waals surface area (Å²) in [5.41, 5.74) is -5.47. The Kier molecular flexibility index (Phi) is 3.73. The summed E-state index contributed by atoms with van der Waals surface area (Å²) >= 11 is 0. The van der Waals surface area contributed by atoms with E-state index >= 15 is 0 Å². The van der Waals surface area contributed by atoms with Gasteiger partial charge in [-0.2, -0.15) is 0 Å². The van der Waals surface area contributed by atoms with Gasteiger partial charge in [0.15, 0.2) is 0 Å². The van der Waals surface area contributed by atoms with E-state index in [0.29, 0.717) is 19.3 Å². The average molecular weight is 411 g/mol. The van der Waals surface area contributed by atoms with Crippen LogP contribution in [0.1, 0.15) is 60.3 Å². The molecule has 0 aromatic rings. The lowest BCUT2D eigenvalue weighted by atomic mass is 9.57. The van der Waals surface area contributed by atoms with Gasteiger partial charge in [0.2, 0.25) is 0 Å². The maximum Gasteiger partial charge on any atom is 0.302 e. The van der Waals surface area contributed by atoms with Gasteiger partial charge in [-0.25, -0.2) is 0 Å². The van der Waals surface area contributed by atoms with Gasteiger partial charge in [-0.05, 0) is 45.4 Å². The molecule has 0 amide bonds. The number of epoxide rings is 1. The molecule has 7 heteroatoms. The minimum Gasteiger partial charge on any atom is -0.462 e. The fourth-order valence-electron chi connectivity index (χ4n) is 8.61. The first-order valence-corrected chi connectivity index (χ1v) is 10.9. The molecule has 4 aliphatic carbocycles. The van der Waals surface area contributed by atoms with Crippen molar-refractivity contribution >= 4 is 5.97 Å². The van der Waals surface area contributed by atoms with E-state index in [1.807, 2.05) is 13.8 Å². The SMILES string of the molecule is CC(=O)O[C@H]1[C@H]2CC[C@H]3[C@@](C)(O)[C@@H]4[C@H]5O[C@H]5C(C)(C)[C@@]4(O)[C@H](O)C[C@@]13C[C@@]2(C)O. The Morgan fingerprint density at radius 1 is 1.10 bits per heavy atom. The van der Waals surface area contributed by atoms with E-state index in [-0.39, 0.29) is 30.5 Å². The van der Waals surface area contributed by atoms with Crippen molar-refractivity contribution in [2.75, 3.05) is 0 Å². The highest BCUT2D eigenvalue weighted by Gasteiger charge is 2.83. The van der Waals surface area contributed by atoms with Crippen LogP contribution < -0.4 is 0 Å². The second-order valence-corrected chi connectivity index (χ2v) is 11.5. The third-order valence-electron chi connectivity index (χ3n) is 9.66. The fourth-order valence-corrected chi connectivity index (χ4v) is 8.61. The first-order valence-electron chi connectivity index (χ1n) is 10.9. The van der Waals surface area contributed by atoms with E-state index in [0.717, 1.165) is 0 Å². The number of ether oxygens (including phenoxy) is 2. The number of hydrogen-bond acceptors (Lipinski definition) is 7. The van der Waals surface area contributed by atoms with Gasteiger partial charge >= 0.3 is 5.97 Å². The van der Waals surface area contributed by atoms with E-state index in [2.05, 4.69) is 0 Å². The molecule has 5 fully saturated rings. The molecular formula is C22H34O7. The first-order chi connectivity index (χ1) is 13.2. The molecule has 0 radical (unpaired) electrons. The molecule has 1 saturated heterocycles. The maximum absolute atomic E-state index is 12.0. The van der Waals surface area contributed by atoms with Crippen molar-refractivity contribution in [1.82, 2.24) is 0 Å². The minimum atomic E-state index is -1.53. The zero-order chi connectivity index (χ0) is 21.4. The van der Waals surface area contributed by atoms with Crippen molar-refractivity contribution in [2.45, 2.75) is 102 Å². The second kappa shape index (κ2) is 5.36. The van der Waals surface area contributed by atoms with Crippen molar-refractivity contribution < 1.29 is 34.7 Å². The van der Waals surface area contributed by atoms with Crippen LogP contribution >= 0.6 is 0 Å². The molecule has 7 nitrogen and oxygen atoms in total. The van der Waals surface area contributed by atoms with Crippen LogP contribution in [0.3, 0.4) is 0 Å². The number of aliphatic hydroxyl groups is 4. The van der Waals surface area contributed by atoms with E-state index in [1.54, 1.807) is 13.8 Å². The average Bonchev–Trinajstić information content (AvgIpc) is 3.29. The van der Waals surface area contributed by atoms with Crippen molar-refractivity contribution in [3.8, 4) is 0 Å². The van der Waals surface area contributed by atoms with Gasteiger partial charge in [-0.3, -0.25) is 4.79 Å². The molecular weight excluding hydrogens is 376 g/mol. The molecule has 11 atom stereocenters. The van der Waals surface area contributed by atoms with Gasteiger partial charge in [-0.15, -0.1) is 0 Å². The number of carbonyl (C=O) groups is 1. The van der Waals surface area contributed by atoms with Crippen LogP contribution in [0.25, 0.3) is 0 Å². The summed E-state index contributed by atoms with van der Waals surface area (Å²) in [6.07, 6.45) is -0.470. The maximum atomic E-state index is 12.0. The summed E-state index contributed by atoms with van der Waals surface area (Å²) in [4.78, 5) is 12.0. The van der Waals surface area contributed by atoms with E-state index in [4.69, 9.17) is 9.47 Å². The Morgan fingerprint density at radius 3 is 2.38 bits per heavy atom. The highest BCUT2D eigenvalue weighted by Crippen LogP contribution is 2.73. The van der Waals surface area contributed by atoms with Crippen LogP contribution in [-0.4, -0.2) is 67.6 Å². The van der Waals surface area contributed by atoms with Gasteiger partial charge in [0.05, 0.1) is 29.5 Å². The molecule has 0 unspecified atom stereocenters. The Morgan fingerprint density at radius 2 is 1.76 bits per heavy atom. The Hall–Kier alpha value is -0.730. The minimum absolute atomic E-state index is 0.175. The van der Waals surface area contributed by atoms with Gasteiger partial charge in [0.25, 0.3) is 0 Å². The largest absolute Gasteiger partial charge is 0.462 e. The fraction of sp³-hybridized carbons (Fsp3) is 0.955. The predicted octanol–water partition coefficient (Wildman–Crippen LogP) is 0.755. The van der Waals surface area contributed by atoms with Crippen LogP contribution in [0.2, 0.25) is 0 Å². The molecule has 0 aromatic heterocycles. The smallest absolute Gasteiger partial charge is 0.302 e. The topological polar surface area (TPSA) is 120 Å². The molecule has 5 rings (SSSR count). The number of fused-ring (bicyclic) bond motifs is 4. The number of esters is 1. The first kappa shape index (κ1) is 20.2. The predicted molar refractivity (Wildman–Crippen MR) is 102 cm³/mol. The summed E-state index contributed by atoms with van der Waals surface area (Å²) in [7, 11) is 0. The molecule has 1 spiro atoms. The molecule has 29 heavy (non-hydrogen) atoms. The van der Waals surface area contributed by atoms with Crippen LogP contribution in [0.15, 0.2) is 0 Å². The zero-order valence-electron chi connectivity index (χ0n) is 17.9. The number of rotatable bonds is 1. The van der Waals surface area contributed by atoms with Crippen LogP contribution in [-0.2, 0) is 14.3 Å². The second-order valence-electron chi connectivity index (χ2n) is 11.5. The summed E-state index contributed by atoms with van der Waals surface area (Å²) in [5.74, 6) is -1.66. The quantitative estimate of drug-likeness (QED) is 0.372. The van der Waals surface area contributed by atoms with E-state index in [9.17, 15) is 25.2 Å².